The quantitative estimate of drug-likeness (QED) is 0.334. The second-order valence-corrected chi connectivity index (χ2v) is 11.6. The number of nitrogens with zero attached hydrogens (tertiary/aromatic N) is 2. The maximum Gasteiger partial charge on any atom is 0.264 e. The summed E-state index contributed by atoms with van der Waals surface area (Å²) in [6, 6.07) is 20.5. The third kappa shape index (κ3) is 7.74. The first-order valence-electron chi connectivity index (χ1n) is 12.6. The highest BCUT2D eigenvalue weighted by Crippen LogP contribution is 2.27. The Labute approximate surface area is 235 Å². The third-order valence-corrected chi connectivity index (χ3v) is 8.09. The van der Waals surface area contributed by atoms with Crippen LogP contribution in [0.4, 0.5) is 5.69 Å². The lowest BCUT2D eigenvalue weighted by atomic mass is 10.1. The molecule has 8 nitrogen and oxygen atoms in total. The van der Waals surface area contributed by atoms with Crippen LogP contribution in [-0.2, 0) is 26.2 Å². The van der Waals surface area contributed by atoms with Crippen LogP contribution in [0, 0.1) is 0 Å². The van der Waals surface area contributed by atoms with Crippen molar-refractivity contribution in [1.82, 2.24) is 10.2 Å². The molecule has 39 heavy (non-hydrogen) atoms. The van der Waals surface area contributed by atoms with Crippen LogP contribution in [0.3, 0.4) is 0 Å². The number of halogens is 1. The monoisotopic (exact) mass is 571 g/mol. The standard InChI is InChI=1S/C29H34ClN3O5S/c1-5-27(29(35)31-21(2)3)32(19-22-9-7-6-8-10-22)28(34)20-33(24-13-11-23(30)12-14-24)39(36,37)26-17-15-25(38-4)16-18-26/h6-18,21,27H,5,19-20H2,1-4H3,(H,31,35)/t27-/m1/s1. The van der Waals surface area contributed by atoms with Gasteiger partial charge in [0.25, 0.3) is 10.0 Å². The number of amides is 2. The number of carbonyl (C=O) groups excluding carboxylic acids is 2. The summed E-state index contributed by atoms with van der Waals surface area (Å²) in [5.74, 6) is -0.316. The first-order chi connectivity index (χ1) is 18.6. The van der Waals surface area contributed by atoms with Gasteiger partial charge in [-0.3, -0.25) is 13.9 Å². The fraction of sp³-hybridized carbons (Fsp3) is 0.310. The molecule has 10 heteroatoms. The van der Waals surface area contributed by atoms with Crippen molar-refractivity contribution in [1.29, 1.82) is 0 Å². The van der Waals surface area contributed by atoms with E-state index in [2.05, 4.69) is 5.32 Å². The summed E-state index contributed by atoms with van der Waals surface area (Å²) in [7, 11) is -2.69. The number of hydrogen-bond acceptors (Lipinski definition) is 5. The smallest absolute Gasteiger partial charge is 0.264 e. The van der Waals surface area contributed by atoms with E-state index in [0.717, 1.165) is 9.87 Å². The summed E-state index contributed by atoms with van der Waals surface area (Å²) in [6.07, 6.45) is 0.350. The van der Waals surface area contributed by atoms with E-state index in [1.807, 2.05) is 51.1 Å². The lowest BCUT2D eigenvalue weighted by molar-refractivity contribution is -0.140. The molecule has 0 spiro atoms. The van der Waals surface area contributed by atoms with Crippen LogP contribution in [0.1, 0.15) is 32.8 Å². The normalized spacial score (nSPS) is 12.1. The van der Waals surface area contributed by atoms with E-state index < -0.39 is 28.5 Å². The summed E-state index contributed by atoms with van der Waals surface area (Å²) in [6.45, 7) is 5.13. The Morgan fingerprint density at radius 3 is 2.10 bits per heavy atom. The van der Waals surface area contributed by atoms with E-state index in [4.69, 9.17) is 16.3 Å². The molecule has 208 valence electrons. The molecule has 1 atom stereocenters. The minimum absolute atomic E-state index is 0.00903. The molecule has 0 aliphatic carbocycles. The van der Waals surface area contributed by atoms with Crippen LogP contribution in [0.25, 0.3) is 0 Å². The lowest BCUT2D eigenvalue weighted by Gasteiger charge is -2.33. The molecule has 0 aromatic heterocycles. The number of carbonyl (C=O) groups is 2. The number of rotatable bonds is 12. The summed E-state index contributed by atoms with van der Waals surface area (Å²) in [5, 5.41) is 3.31. The van der Waals surface area contributed by atoms with Crippen molar-refractivity contribution in [2.45, 2.75) is 50.7 Å². The third-order valence-electron chi connectivity index (χ3n) is 6.05. The molecular formula is C29H34ClN3O5S. The predicted molar refractivity (Wildman–Crippen MR) is 153 cm³/mol. The van der Waals surface area contributed by atoms with Crippen LogP contribution < -0.4 is 14.4 Å². The minimum Gasteiger partial charge on any atom is -0.497 e. The van der Waals surface area contributed by atoms with E-state index in [0.29, 0.717) is 17.2 Å². The Morgan fingerprint density at radius 2 is 1.56 bits per heavy atom. The Morgan fingerprint density at radius 1 is 0.949 bits per heavy atom. The molecule has 0 fully saturated rings. The molecular weight excluding hydrogens is 538 g/mol. The lowest BCUT2D eigenvalue weighted by Crippen LogP contribution is -2.53. The minimum atomic E-state index is -4.18. The van der Waals surface area contributed by atoms with Crippen molar-refractivity contribution in [2.24, 2.45) is 0 Å². The molecule has 3 rings (SSSR count). The van der Waals surface area contributed by atoms with Gasteiger partial charge in [-0.15, -0.1) is 0 Å². The van der Waals surface area contributed by atoms with Crippen LogP contribution in [0.2, 0.25) is 5.02 Å². The van der Waals surface area contributed by atoms with E-state index in [1.54, 1.807) is 36.4 Å². The number of nitrogens with one attached hydrogen (secondary N) is 1. The van der Waals surface area contributed by atoms with Gasteiger partial charge in [0.15, 0.2) is 0 Å². The topological polar surface area (TPSA) is 96.0 Å². The maximum atomic E-state index is 14.0. The second kappa shape index (κ2) is 13.5. The van der Waals surface area contributed by atoms with Crippen molar-refractivity contribution in [3.05, 3.63) is 89.4 Å². The van der Waals surface area contributed by atoms with Gasteiger partial charge < -0.3 is 15.0 Å². The molecule has 0 unspecified atom stereocenters. The van der Waals surface area contributed by atoms with E-state index in [1.165, 1.54) is 24.1 Å². The highest BCUT2D eigenvalue weighted by atomic mass is 35.5. The molecule has 0 aliphatic rings. The van der Waals surface area contributed by atoms with E-state index in [9.17, 15) is 18.0 Å². The van der Waals surface area contributed by atoms with Crippen LogP contribution in [0.5, 0.6) is 5.75 Å². The summed E-state index contributed by atoms with van der Waals surface area (Å²) in [5.41, 5.74) is 1.08. The molecule has 0 saturated carbocycles. The van der Waals surface area contributed by atoms with Gasteiger partial charge >= 0.3 is 0 Å². The van der Waals surface area contributed by atoms with Gasteiger partial charge in [-0.2, -0.15) is 0 Å². The molecule has 1 N–H and O–H groups in total. The Hall–Kier alpha value is -3.56. The van der Waals surface area contributed by atoms with Gasteiger partial charge in [0.05, 0.1) is 17.7 Å². The first kappa shape index (κ1) is 30.0. The first-order valence-corrected chi connectivity index (χ1v) is 14.4. The fourth-order valence-corrected chi connectivity index (χ4v) is 5.63. The van der Waals surface area contributed by atoms with Crippen molar-refractivity contribution in [3.63, 3.8) is 0 Å². The number of hydrogen-bond donors (Lipinski definition) is 1. The zero-order chi connectivity index (χ0) is 28.6. The average molecular weight is 572 g/mol. The average Bonchev–Trinajstić information content (AvgIpc) is 2.92. The van der Waals surface area contributed by atoms with Crippen LogP contribution in [-0.4, -0.2) is 50.9 Å². The number of sulfonamides is 1. The van der Waals surface area contributed by atoms with Gasteiger partial charge in [-0.1, -0.05) is 48.9 Å². The zero-order valence-electron chi connectivity index (χ0n) is 22.5. The van der Waals surface area contributed by atoms with Gasteiger partial charge in [0.1, 0.15) is 18.3 Å². The number of anilines is 1. The molecule has 0 bridgehead atoms. The van der Waals surface area contributed by atoms with Crippen LogP contribution in [0.15, 0.2) is 83.8 Å². The van der Waals surface area contributed by atoms with Crippen LogP contribution >= 0.6 is 11.6 Å². The molecule has 0 heterocycles. The Balaban J connectivity index is 2.04. The number of benzene rings is 3. The van der Waals surface area contributed by atoms with E-state index in [-0.39, 0.29) is 29.1 Å². The van der Waals surface area contributed by atoms with Crippen molar-refractivity contribution >= 4 is 39.1 Å². The summed E-state index contributed by atoms with van der Waals surface area (Å²) in [4.78, 5) is 28.5. The van der Waals surface area contributed by atoms with Crippen molar-refractivity contribution in [2.75, 3.05) is 18.0 Å². The van der Waals surface area contributed by atoms with E-state index >= 15 is 0 Å². The molecule has 0 saturated heterocycles. The molecule has 2 amide bonds. The maximum absolute atomic E-state index is 14.0. The molecule has 3 aromatic rings. The Kier molecular flexibility index (Phi) is 10.4. The van der Waals surface area contributed by atoms with Crippen molar-refractivity contribution in [3.8, 4) is 5.75 Å². The summed E-state index contributed by atoms with van der Waals surface area (Å²) >= 11 is 6.06. The fourth-order valence-electron chi connectivity index (χ4n) is 4.09. The molecule has 3 aromatic carbocycles. The van der Waals surface area contributed by atoms with Gasteiger partial charge in [-0.25, -0.2) is 8.42 Å². The van der Waals surface area contributed by atoms with Crippen molar-refractivity contribution < 1.29 is 22.7 Å². The number of methoxy groups -OCH3 is 1. The highest BCUT2D eigenvalue weighted by molar-refractivity contribution is 7.92. The number of ether oxygens (including phenoxy) is 1. The van der Waals surface area contributed by atoms with Gasteiger partial charge in [-0.05, 0) is 74.4 Å². The second-order valence-electron chi connectivity index (χ2n) is 9.26. The SMILES string of the molecule is CC[C@H](C(=O)NC(C)C)N(Cc1ccccc1)C(=O)CN(c1ccc(Cl)cc1)S(=O)(=O)c1ccc(OC)cc1. The zero-order valence-corrected chi connectivity index (χ0v) is 24.1. The Bertz CT molecular complexity index is 1350. The highest BCUT2D eigenvalue weighted by Gasteiger charge is 2.33. The molecule has 0 radical (unpaired) electrons. The largest absolute Gasteiger partial charge is 0.497 e. The molecule has 0 aliphatic heterocycles. The summed E-state index contributed by atoms with van der Waals surface area (Å²) < 4.78 is 33.9. The van der Waals surface area contributed by atoms with Gasteiger partial charge in [0.2, 0.25) is 11.8 Å². The van der Waals surface area contributed by atoms with Gasteiger partial charge in [0, 0.05) is 17.6 Å². The predicted octanol–water partition coefficient (Wildman–Crippen LogP) is 4.88.